The third kappa shape index (κ3) is 2.01. The van der Waals surface area contributed by atoms with Crippen LogP contribution in [0.25, 0.3) is 10.9 Å². The average molecular weight is 371 g/mol. The van der Waals surface area contributed by atoms with E-state index >= 15 is 0 Å². The Balaban J connectivity index is 1.81. The van der Waals surface area contributed by atoms with E-state index in [4.69, 9.17) is 0 Å². The zero-order valence-electron chi connectivity index (χ0n) is 13.1. The number of hydrogen-bond donors (Lipinski definition) is 2. The zero-order chi connectivity index (χ0) is 17.3. The first kappa shape index (κ1) is 15.0. The SMILES string of the molecule is Cn1cc([C@@H]2c3sc(=O)[nH]c3S[C@H]3C(=O)NC(=O)[C@@H]23)c2ccccc21. The monoisotopic (exact) mass is 371 g/mol. The maximum absolute atomic E-state index is 12.5. The number of para-hydroxylation sites is 1. The molecule has 0 saturated carbocycles. The molecule has 2 amide bonds. The Morgan fingerprint density at radius 3 is 2.76 bits per heavy atom. The predicted molar refractivity (Wildman–Crippen MR) is 96.0 cm³/mol. The van der Waals surface area contributed by atoms with Crippen LogP contribution in [0.15, 0.2) is 40.3 Å². The molecule has 2 N–H and O–H groups in total. The van der Waals surface area contributed by atoms with Crippen molar-refractivity contribution in [2.24, 2.45) is 13.0 Å². The number of carbonyl (C=O) groups excluding carboxylic acids is 2. The number of benzene rings is 1. The smallest absolute Gasteiger partial charge is 0.305 e. The Morgan fingerprint density at radius 2 is 1.92 bits per heavy atom. The van der Waals surface area contributed by atoms with E-state index in [1.54, 1.807) is 0 Å². The van der Waals surface area contributed by atoms with Crippen molar-refractivity contribution in [2.45, 2.75) is 16.2 Å². The predicted octanol–water partition coefficient (Wildman–Crippen LogP) is 1.81. The van der Waals surface area contributed by atoms with Gasteiger partial charge >= 0.3 is 4.87 Å². The summed E-state index contributed by atoms with van der Waals surface area (Å²) in [6, 6.07) is 7.97. The second-order valence-electron chi connectivity index (χ2n) is 6.32. The summed E-state index contributed by atoms with van der Waals surface area (Å²) in [5.41, 5.74) is 2.04. The van der Waals surface area contributed by atoms with E-state index in [1.165, 1.54) is 11.8 Å². The molecule has 0 spiro atoms. The van der Waals surface area contributed by atoms with Crippen LogP contribution in [0.5, 0.6) is 0 Å². The van der Waals surface area contributed by atoms with Crippen LogP contribution in [0.3, 0.4) is 0 Å². The fraction of sp³-hybridized carbons (Fsp3) is 0.235. The number of carbonyl (C=O) groups is 2. The van der Waals surface area contributed by atoms with Gasteiger partial charge in [-0.05, 0) is 11.6 Å². The van der Waals surface area contributed by atoms with Gasteiger partial charge in [0.25, 0.3) is 0 Å². The van der Waals surface area contributed by atoms with Crippen molar-refractivity contribution in [3.8, 4) is 0 Å². The highest BCUT2D eigenvalue weighted by molar-refractivity contribution is 8.00. The number of hydrogen-bond acceptors (Lipinski definition) is 5. The average Bonchev–Trinajstić information content (AvgIpc) is 3.21. The quantitative estimate of drug-likeness (QED) is 0.639. The molecule has 3 atom stereocenters. The molecule has 0 aliphatic carbocycles. The lowest BCUT2D eigenvalue weighted by atomic mass is 9.83. The van der Waals surface area contributed by atoms with Gasteiger partial charge in [0.1, 0.15) is 5.25 Å². The van der Waals surface area contributed by atoms with Gasteiger partial charge < -0.3 is 9.55 Å². The Kier molecular flexibility index (Phi) is 3.05. The van der Waals surface area contributed by atoms with E-state index in [0.717, 1.165) is 32.7 Å². The topological polar surface area (TPSA) is 84.0 Å². The summed E-state index contributed by atoms with van der Waals surface area (Å²) < 4.78 is 2.02. The molecule has 5 rings (SSSR count). The second kappa shape index (κ2) is 5.09. The van der Waals surface area contributed by atoms with E-state index in [0.29, 0.717) is 5.03 Å². The Morgan fingerprint density at radius 1 is 1.12 bits per heavy atom. The maximum Gasteiger partial charge on any atom is 0.305 e. The number of amides is 2. The third-order valence-corrected chi connectivity index (χ3v) is 7.34. The molecule has 1 aromatic carbocycles. The summed E-state index contributed by atoms with van der Waals surface area (Å²) in [5.74, 6) is -1.33. The van der Waals surface area contributed by atoms with Crippen LogP contribution in [-0.2, 0) is 16.6 Å². The van der Waals surface area contributed by atoms with E-state index < -0.39 is 11.2 Å². The number of nitrogens with one attached hydrogen (secondary N) is 2. The minimum Gasteiger partial charge on any atom is -0.350 e. The molecule has 1 fully saturated rings. The molecule has 1 saturated heterocycles. The number of aromatic amines is 1. The Bertz CT molecular complexity index is 1110. The number of aromatic nitrogens is 2. The van der Waals surface area contributed by atoms with Crippen LogP contribution < -0.4 is 10.2 Å². The lowest BCUT2D eigenvalue weighted by molar-refractivity contribution is -0.125. The van der Waals surface area contributed by atoms with Crippen LogP contribution in [0.1, 0.15) is 16.4 Å². The highest BCUT2D eigenvalue weighted by Crippen LogP contribution is 2.52. The Labute approximate surface area is 150 Å². The minimum absolute atomic E-state index is 0.157. The van der Waals surface area contributed by atoms with Crippen molar-refractivity contribution < 1.29 is 9.59 Å². The van der Waals surface area contributed by atoms with Gasteiger partial charge in [-0.2, -0.15) is 0 Å². The van der Waals surface area contributed by atoms with Gasteiger partial charge in [-0.25, -0.2) is 0 Å². The number of aryl methyl sites for hydroxylation is 1. The fourth-order valence-electron chi connectivity index (χ4n) is 3.89. The highest BCUT2D eigenvalue weighted by atomic mass is 32.2. The first-order valence-electron chi connectivity index (χ1n) is 7.83. The molecule has 4 heterocycles. The summed E-state index contributed by atoms with van der Waals surface area (Å²) in [6.45, 7) is 0. The fourth-order valence-corrected chi connectivity index (χ4v) is 6.37. The van der Waals surface area contributed by atoms with Crippen LogP contribution in [-0.4, -0.2) is 26.6 Å². The number of nitrogens with zero attached hydrogens (tertiary/aromatic N) is 1. The van der Waals surface area contributed by atoms with Crippen LogP contribution in [0.2, 0.25) is 0 Å². The molecule has 8 heteroatoms. The van der Waals surface area contributed by atoms with Gasteiger partial charge in [0, 0.05) is 34.9 Å². The summed E-state index contributed by atoms with van der Waals surface area (Å²) in [7, 11) is 1.96. The van der Waals surface area contributed by atoms with Gasteiger partial charge in [0.2, 0.25) is 11.8 Å². The van der Waals surface area contributed by atoms with Crippen molar-refractivity contribution >= 4 is 45.8 Å². The molecule has 3 aromatic rings. The molecule has 126 valence electrons. The number of thioether (sulfide) groups is 1. The van der Waals surface area contributed by atoms with Crippen molar-refractivity contribution in [3.05, 3.63) is 50.6 Å². The Hall–Kier alpha value is -2.32. The van der Waals surface area contributed by atoms with Gasteiger partial charge in [-0.3, -0.25) is 19.7 Å². The normalized spacial score (nSPS) is 25.1. The van der Waals surface area contributed by atoms with Crippen molar-refractivity contribution in [3.63, 3.8) is 0 Å². The van der Waals surface area contributed by atoms with Gasteiger partial charge in [-0.1, -0.05) is 41.3 Å². The lowest BCUT2D eigenvalue weighted by Gasteiger charge is -2.29. The molecule has 0 unspecified atom stereocenters. The molecule has 0 radical (unpaired) electrons. The van der Waals surface area contributed by atoms with E-state index in [9.17, 15) is 14.4 Å². The molecule has 0 bridgehead atoms. The number of H-pyrrole nitrogens is 1. The van der Waals surface area contributed by atoms with Gasteiger partial charge in [-0.15, -0.1) is 0 Å². The van der Waals surface area contributed by atoms with Crippen LogP contribution in [0.4, 0.5) is 0 Å². The summed E-state index contributed by atoms with van der Waals surface area (Å²) >= 11 is 2.42. The molecule has 2 aliphatic heterocycles. The molecular formula is C17H13N3O3S2. The number of thiazole rings is 1. The van der Waals surface area contributed by atoms with Crippen molar-refractivity contribution in [1.82, 2.24) is 14.9 Å². The molecule has 25 heavy (non-hydrogen) atoms. The van der Waals surface area contributed by atoms with Gasteiger partial charge in [0.05, 0.1) is 10.9 Å². The minimum atomic E-state index is -0.505. The van der Waals surface area contributed by atoms with Crippen molar-refractivity contribution in [2.75, 3.05) is 0 Å². The number of imide groups is 1. The third-order valence-electron chi connectivity index (χ3n) is 4.93. The van der Waals surface area contributed by atoms with Crippen LogP contribution in [0, 0.1) is 5.92 Å². The molecular weight excluding hydrogens is 358 g/mol. The second-order valence-corrected chi connectivity index (χ2v) is 8.48. The van der Waals surface area contributed by atoms with Crippen LogP contribution >= 0.6 is 23.1 Å². The van der Waals surface area contributed by atoms with E-state index in [1.807, 2.05) is 42.1 Å². The first-order chi connectivity index (χ1) is 12.0. The summed E-state index contributed by atoms with van der Waals surface area (Å²) in [6.07, 6.45) is 2.01. The summed E-state index contributed by atoms with van der Waals surface area (Å²) in [4.78, 5) is 40.2. The largest absolute Gasteiger partial charge is 0.350 e. The lowest BCUT2D eigenvalue weighted by Crippen LogP contribution is -2.31. The molecule has 6 nitrogen and oxygen atoms in total. The van der Waals surface area contributed by atoms with E-state index in [2.05, 4.69) is 10.3 Å². The van der Waals surface area contributed by atoms with E-state index in [-0.39, 0.29) is 22.6 Å². The first-order valence-corrected chi connectivity index (χ1v) is 9.52. The number of rotatable bonds is 1. The number of fused-ring (bicyclic) bond motifs is 3. The highest BCUT2D eigenvalue weighted by Gasteiger charge is 2.52. The maximum atomic E-state index is 12.5. The van der Waals surface area contributed by atoms with Crippen molar-refractivity contribution in [1.29, 1.82) is 0 Å². The summed E-state index contributed by atoms with van der Waals surface area (Å²) in [5, 5.41) is 3.70. The molecule has 2 aliphatic rings. The van der Waals surface area contributed by atoms with Gasteiger partial charge in [0.15, 0.2) is 0 Å². The zero-order valence-corrected chi connectivity index (χ0v) is 14.7. The molecule has 2 aromatic heterocycles. The standard InChI is InChI=1S/C17H13N3O3S2/c1-20-6-8(7-4-2-3-5-9(7)20)10-11-12(15(22)18-14(11)21)24-16-13(10)25-17(23)19-16/h2-6,10-12H,1H3,(H,19,23)(H,18,21,22)/t10-,11-,12+/m0/s1.